The molecule has 0 saturated heterocycles. The third kappa shape index (κ3) is 6.17. The average Bonchev–Trinajstić information content (AvgIpc) is 3.20. The van der Waals surface area contributed by atoms with E-state index >= 15 is 0 Å². The van der Waals surface area contributed by atoms with Gasteiger partial charge in [-0.1, -0.05) is 64.5 Å². The van der Waals surface area contributed by atoms with Crippen molar-refractivity contribution in [2.75, 3.05) is 6.54 Å². The van der Waals surface area contributed by atoms with Gasteiger partial charge >= 0.3 is 0 Å². The van der Waals surface area contributed by atoms with Crippen molar-refractivity contribution in [2.24, 2.45) is 0 Å². The first kappa shape index (κ1) is 24.7. The molecule has 0 aliphatic heterocycles. The summed E-state index contributed by atoms with van der Waals surface area (Å²) in [5.41, 5.74) is 3.45. The fourth-order valence-corrected chi connectivity index (χ4v) is 4.48. The minimum atomic E-state index is -0.140. The number of carbonyl (C=O) groups excluding carboxylic acids is 2. The molecule has 3 aromatic carbocycles. The SMILES string of the molecule is CC(C)N(Cc1ccccc1)C(=O)Cn1c(CCNC(=O)c2cccc(Br)c2)nc2ccccc21. The lowest BCUT2D eigenvalue weighted by Gasteiger charge is -2.27. The van der Waals surface area contributed by atoms with Gasteiger partial charge in [0.1, 0.15) is 12.4 Å². The molecule has 0 fully saturated rings. The molecule has 7 heteroatoms. The molecule has 0 bridgehead atoms. The van der Waals surface area contributed by atoms with Crippen molar-refractivity contribution in [1.29, 1.82) is 0 Å². The molecule has 6 nitrogen and oxygen atoms in total. The average molecular weight is 533 g/mol. The summed E-state index contributed by atoms with van der Waals surface area (Å²) in [6, 6.07) is 25.2. The number of amides is 2. The standard InChI is InChI=1S/C28H29BrN4O2/c1-20(2)32(18-21-9-4-3-5-10-21)27(34)19-33-25-14-7-6-13-24(25)31-26(33)15-16-30-28(35)22-11-8-12-23(29)17-22/h3-14,17,20H,15-16,18-19H2,1-2H3,(H,30,35). The van der Waals surface area contributed by atoms with Gasteiger partial charge < -0.3 is 14.8 Å². The lowest BCUT2D eigenvalue weighted by atomic mass is 10.2. The summed E-state index contributed by atoms with van der Waals surface area (Å²) in [6.07, 6.45) is 0.516. The van der Waals surface area contributed by atoms with Crippen molar-refractivity contribution in [2.45, 2.75) is 39.4 Å². The smallest absolute Gasteiger partial charge is 0.251 e. The van der Waals surface area contributed by atoms with Crippen molar-refractivity contribution in [3.63, 3.8) is 0 Å². The van der Waals surface area contributed by atoms with Crippen LogP contribution in [0.15, 0.2) is 83.3 Å². The first-order chi connectivity index (χ1) is 16.9. The topological polar surface area (TPSA) is 67.2 Å². The number of fused-ring (bicyclic) bond motifs is 1. The zero-order chi connectivity index (χ0) is 24.8. The predicted molar refractivity (Wildman–Crippen MR) is 142 cm³/mol. The molecule has 1 N–H and O–H groups in total. The zero-order valence-corrected chi connectivity index (χ0v) is 21.5. The van der Waals surface area contributed by atoms with Gasteiger partial charge in [0.2, 0.25) is 5.91 Å². The van der Waals surface area contributed by atoms with E-state index < -0.39 is 0 Å². The first-order valence-electron chi connectivity index (χ1n) is 11.7. The van der Waals surface area contributed by atoms with Crippen molar-refractivity contribution >= 4 is 38.8 Å². The van der Waals surface area contributed by atoms with Crippen LogP contribution in [0, 0.1) is 0 Å². The van der Waals surface area contributed by atoms with Crippen molar-refractivity contribution in [3.05, 3.63) is 100 Å². The van der Waals surface area contributed by atoms with E-state index in [-0.39, 0.29) is 24.4 Å². The number of benzene rings is 3. The van der Waals surface area contributed by atoms with Gasteiger partial charge in [-0.05, 0) is 49.7 Å². The lowest BCUT2D eigenvalue weighted by molar-refractivity contribution is -0.134. The summed E-state index contributed by atoms with van der Waals surface area (Å²) >= 11 is 3.40. The number of imidazole rings is 1. The van der Waals surface area contributed by atoms with Gasteiger partial charge in [-0.25, -0.2) is 4.98 Å². The Morgan fingerprint density at radius 1 is 1.00 bits per heavy atom. The van der Waals surface area contributed by atoms with Crippen LogP contribution >= 0.6 is 15.9 Å². The van der Waals surface area contributed by atoms with Crippen LogP contribution in [0.2, 0.25) is 0 Å². The van der Waals surface area contributed by atoms with E-state index in [0.717, 1.165) is 26.9 Å². The number of rotatable bonds is 9. The predicted octanol–water partition coefficient (Wildman–Crippen LogP) is 5.21. The Morgan fingerprint density at radius 2 is 1.74 bits per heavy atom. The quantitative estimate of drug-likeness (QED) is 0.321. The maximum Gasteiger partial charge on any atom is 0.251 e. The Hall–Kier alpha value is -3.45. The van der Waals surface area contributed by atoms with Gasteiger partial charge in [-0.15, -0.1) is 0 Å². The molecule has 2 amide bonds. The van der Waals surface area contributed by atoms with Gasteiger partial charge in [0.05, 0.1) is 11.0 Å². The second kappa shape index (κ2) is 11.3. The van der Waals surface area contributed by atoms with Crippen LogP contribution in [-0.4, -0.2) is 38.9 Å². The van der Waals surface area contributed by atoms with E-state index in [1.165, 1.54) is 0 Å². The van der Waals surface area contributed by atoms with Crippen molar-refractivity contribution in [3.8, 4) is 0 Å². The largest absolute Gasteiger partial charge is 0.352 e. The summed E-state index contributed by atoms with van der Waals surface area (Å²) in [5, 5.41) is 2.96. The Kier molecular flexibility index (Phi) is 7.98. The van der Waals surface area contributed by atoms with E-state index in [0.29, 0.717) is 25.1 Å². The van der Waals surface area contributed by atoms with Crippen LogP contribution < -0.4 is 5.32 Å². The first-order valence-corrected chi connectivity index (χ1v) is 12.5. The van der Waals surface area contributed by atoms with E-state index in [1.54, 1.807) is 12.1 Å². The molecule has 0 radical (unpaired) electrons. The van der Waals surface area contributed by atoms with E-state index in [4.69, 9.17) is 4.98 Å². The molecule has 35 heavy (non-hydrogen) atoms. The monoisotopic (exact) mass is 532 g/mol. The molecular weight excluding hydrogens is 504 g/mol. The number of hydrogen-bond donors (Lipinski definition) is 1. The number of carbonyl (C=O) groups is 2. The number of hydrogen-bond acceptors (Lipinski definition) is 3. The fourth-order valence-electron chi connectivity index (χ4n) is 4.08. The third-order valence-electron chi connectivity index (χ3n) is 5.89. The normalized spacial score (nSPS) is 11.1. The van der Waals surface area contributed by atoms with E-state index in [2.05, 4.69) is 21.2 Å². The minimum Gasteiger partial charge on any atom is -0.352 e. The Balaban J connectivity index is 1.50. The van der Waals surface area contributed by atoms with Crippen LogP contribution in [-0.2, 0) is 24.3 Å². The second-order valence-corrected chi connectivity index (χ2v) is 9.64. The number of halogens is 1. The minimum absolute atomic E-state index is 0.0337. The number of aromatic nitrogens is 2. The molecule has 180 valence electrons. The highest BCUT2D eigenvalue weighted by atomic mass is 79.9. The maximum atomic E-state index is 13.5. The van der Waals surface area contributed by atoms with Crippen molar-refractivity contribution < 1.29 is 9.59 Å². The molecule has 1 aromatic heterocycles. The fraction of sp³-hybridized carbons (Fsp3) is 0.250. The van der Waals surface area contributed by atoms with E-state index in [9.17, 15) is 9.59 Å². The van der Waals surface area contributed by atoms with Gasteiger partial charge in [0.25, 0.3) is 5.91 Å². The summed E-state index contributed by atoms with van der Waals surface area (Å²) in [6.45, 7) is 5.24. The highest BCUT2D eigenvalue weighted by Gasteiger charge is 2.21. The van der Waals surface area contributed by atoms with Crippen molar-refractivity contribution in [1.82, 2.24) is 19.8 Å². The van der Waals surface area contributed by atoms with Crippen LogP contribution in [0.5, 0.6) is 0 Å². The summed E-state index contributed by atoms with van der Waals surface area (Å²) < 4.78 is 2.83. The van der Waals surface area contributed by atoms with Crippen LogP contribution in [0.4, 0.5) is 0 Å². The second-order valence-electron chi connectivity index (χ2n) is 8.72. The van der Waals surface area contributed by atoms with Gasteiger partial charge in [-0.3, -0.25) is 9.59 Å². The molecule has 0 saturated carbocycles. The Morgan fingerprint density at radius 3 is 2.49 bits per heavy atom. The van der Waals surface area contributed by atoms with Gasteiger partial charge in [0.15, 0.2) is 0 Å². The van der Waals surface area contributed by atoms with Gasteiger partial charge in [0, 0.05) is 35.6 Å². The summed E-state index contributed by atoms with van der Waals surface area (Å²) in [4.78, 5) is 32.7. The molecule has 0 spiro atoms. The number of nitrogens with one attached hydrogen (secondary N) is 1. The van der Waals surface area contributed by atoms with E-state index in [1.807, 2.05) is 90.0 Å². The third-order valence-corrected chi connectivity index (χ3v) is 6.38. The summed E-state index contributed by atoms with van der Waals surface area (Å²) in [7, 11) is 0. The highest BCUT2D eigenvalue weighted by molar-refractivity contribution is 9.10. The molecule has 4 rings (SSSR count). The van der Waals surface area contributed by atoms with Gasteiger partial charge in [-0.2, -0.15) is 0 Å². The lowest BCUT2D eigenvalue weighted by Crippen LogP contribution is -2.39. The molecule has 1 heterocycles. The molecule has 0 aliphatic rings. The summed E-state index contributed by atoms with van der Waals surface area (Å²) in [5.74, 6) is 0.669. The molecular formula is C28H29BrN4O2. The Labute approximate surface area is 214 Å². The maximum absolute atomic E-state index is 13.5. The molecule has 4 aromatic rings. The number of para-hydroxylation sites is 2. The van der Waals surface area contributed by atoms with Crippen LogP contribution in [0.1, 0.15) is 35.6 Å². The zero-order valence-electron chi connectivity index (χ0n) is 19.9. The highest BCUT2D eigenvalue weighted by Crippen LogP contribution is 2.18. The van der Waals surface area contributed by atoms with Crippen LogP contribution in [0.3, 0.4) is 0 Å². The van der Waals surface area contributed by atoms with Crippen LogP contribution in [0.25, 0.3) is 11.0 Å². The molecule has 0 aliphatic carbocycles. The Bertz CT molecular complexity index is 1320. The number of nitrogens with zero attached hydrogens (tertiary/aromatic N) is 3. The molecule has 0 atom stereocenters. The molecule has 0 unspecified atom stereocenters.